The third-order valence-corrected chi connectivity index (χ3v) is 21.7. The lowest BCUT2D eigenvalue weighted by molar-refractivity contribution is -0.951. The highest BCUT2D eigenvalue weighted by atomic mass is 19.4. The maximum Gasteiger partial charge on any atom is 0.515 e. The van der Waals surface area contributed by atoms with Crippen molar-refractivity contribution in [2.45, 2.75) is 32.0 Å². The zero-order chi connectivity index (χ0) is 90.7. The van der Waals surface area contributed by atoms with Crippen LogP contribution in [0.4, 0.5) is 203 Å². The van der Waals surface area contributed by atoms with Gasteiger partial charge < -0.3 is 0 Å². The SMILES string of the molecule is CCCC[NH+](c1cc(F)c(F)c(F)c1F)C(F)(F)C(F)(F)F.Fc1c(F)c2c(F)c(F)c3c(F)c(F)c([B-](c4c(F)c(F)c5c(F)c(F)c6c(F)c(F)c(F)c7c(F)c(F)c4c5c67)(c4c(F)c(F)c5c(F)c(F)c6c(F)c(F)c(F)c7c(F)c(F)c4c5c67)c4c(F)c(F)c5c(F)c(F)c6c(F)c(F)c(F)c7c(F)c(F)c4c5c67)c4c(F)c(F)c(c1F)c2c34. The predicted octanol–water partition coefficient (Wildman–Crippen LogP) is 23.4. The predicted molar refractivity (Wildman–Crippen MR) is 341 cm³/mol. The maximum atomic E-state index is 19.3. The molecule has 0 aromatic heterocycles. The Hall–Kier alpha value is -12.2. The number of unbranched alkanes of at least 4 members (excludes halogenated alkanes) is 1. The van der Waals surface area contributed by atoms with Gasteiger partial charge in [-0.3, -0.25) is 0 Å². The first-order valence-corrected chi connectivity index (χ1v) is 33.0. The van der Waals surface area contributed by atoms with Crippen LogP contribution in [0.15, 0.2) is 6.07 Å². The highest BCUT2D eigenvalue weighted by Crippen LogP contribution is 2.54. The smallest absolute Gasteiger partial charge is 0.231 e. The summed E-state index contributed by atoms with van der Waals surface area (Å²) in [5.74, 6) is -138. The van der Waals surface area contributed by atoms with E-state index in [1.165, 1.54) is 6.92 Å². The molecule has 0 aliphatic rings. The van der Waals surface area contributed by atoms with Crippen LogP contribution in [0.1, 0.15) is 19.8 Å². The Morgan fingerprint density at radius 3 is 0.528 bits per heavy atom. The molecular formula is C76H11BF45N. The van der Waals surface area contributed by atoms with Crippen molar-refractivity contribution in [2.24, 2.45) is 0 Å². The summed E-state index contributed by atoms with van der Waals surface area (Å²) >= 11 is 0. The van der Waals surface area contributed by atoms with Gasteiger partial charge in [0, 0.05) is 49.2 Å². The van der Waals surface area contributed by atoms with Gasteiger partial charge in [0.25, 0.3) is 0 Å². The number of hydrogen-bond donors (Lipinski definition) is 1. The molecule has 0 heterocycles. The van der Waals surface area contributed by atoms with Gasteiger partial charge in [0.05, 0.1) is 71.2 Å². The fourth-order valence-electron chi connectivity index (χ4n) is 16.9. The summed E-state index contributed by atoms with van der Waals surface area (Å²) < 4.78 is 738. The van der Waals surface area contributed by atoms with E-state index < -0.39 is 419 Å². The molecule has 1 N–H and O–H groups in total. The molecule has 0 saturated carbocycles. The van der Waals surface area contributed by atoms with E-state index in [1.807, 2.05) is 0 Å². The third-order valence-electron chi connectivity index (χ3n) is 21.7. The minimum absolute atomic E-state index is 0.172. The molecule has 0 aliphatic heterocycles. The molecule has 1 nitrogen and oxygen atoms in total. The number of alkyl halides is 5. The van der Waals surface area contributed by atoms with Crippen LogP contribution in [0.25, 0.3) is 129 Å². The molecule has 0 fully saturated rings. The summed E-state index contributed by atoms with van der Waals surface area (Å²) in [5, 5.41) is -71.3. The second kappa shape index (κ2) is 26.9. The van der Waals surface area contributed by atoms with E-state index in [0.717, 1.165) is 0 Å². The van der Waals surface area contributed by atoms with Crippen LogP contribution >= 0.6 is 0 Å². The van der Waals surface area contributed by atoms with Crippen molar-refractivity contribution >= 4 is 163 Å². The van der Waals surface area contributed by atoms with Gasteiger partial charge in [-0.15, -0.1) is 30.6 Å². The van der Waals surface area contributed by atoms with Gasteiger partial charge in [0.2, 0.25) is 11.6 Å². The Kier molecular flexibility index (Phi) is 18.4. The number of rotatable bonds is 9. The van der Waals surface area contributed by atoms with Gasteiger partial charge >= 0.3 is 12.2 Å². The van der Waals surface area contributed by atoms with Crippen LogP contribution in [0.3, 0.4) is 0 Å². The van der Waals surface area contributed by atoms with E-state index >= 15 is 158 Å². The lowest BCUT2D eigenvalue weighted by Gasteiger charge is -2.48. The van der Waals surface area contributed by atoms with E-state index in [9.17, 15) is 39.5 Å². The van der Waals surface area contributed by atoms with E-state index in [-0.39, 0.29) is 18.9 Å². The molecule has 0 amide bonds. The zero-order valence-electron chi connectivity index (χ0n) is 57.3. The Balaban J connectivity index is 0.000000446. The summed E-state index contributed by atoms with van der Waals surface area (Å²) in [4.78, 5) is -1.84. The van der Waals surface area contributed by atoms with Crippen LogP contribution in [0.5, 0.6) is 0 Å². The lowest BCUT2D eigenvalue weighted by atomic mass is 9.11. The van der Waals surface area contributed by atoms with E-state index in [0.29, 0.717) is 0 Å². The van der Waals surface area contributed by atoms with Crippen LogP contribution in [0.2, 0.25) is 0 Å². The molecule has 1 atom stereocenters. The average molecular weight is 1800 g/mol. The maximum absolute atomic E-state index is 19.3. The summed E-state index contributed by atoms with van der Waals surface area (Å²) in [6, 6.07) is -5.70. The fraction of sp³-hybridized carbons (Fsp3) is 0.0789. The van der Waals surface area contributed by atoms with Crippen molar-refractivity contribution in [1.82, 2.24) is 0 Å². The van der Waals surface area contributed by atoms with E-state index in [1.54, 1.807) is 0 Å². The van der Waals surface area contributed by atoms with Gasteiger partial charge in [-0.1, -0.05) is 13.3 Å². The first-order chi connectivity index (χ1) is 57.2. The zero-order valence-corrected chi connectivity index (χ0v) is 57.3. The molecule has 1 unspecified atom stereocenters. The summed E-state index contributed by atoms with van der Waals surface area (Å²) in [5.41, 5.74) is -17.5. The minimum atomic E-state index is -8.50. The Morgan fingerprint density at radius 1 is 0.195 bits per heavy atom. The van der Waals surface area contributed by atoms with Gasteiger partial charge in [-0.05, 0) is 28.0 Å². The van der Waals surface area contributed by atoms with Crippen LogP contribution in [0, 0.1) is 233 Å². The summed E-state index contributed by atoms with van der Waals surface area (Å²) in [6.07, 6.45) is -14.6. The monoisotopic (exact) mass is 1800 g/mol. The van der Waals surface area contributed by atoms with Crippen molar-refractivity contribution in [3.05, 3.63) is 239 Å². The molecule has 123 heavy (non-hydrogen) atoms. The molecule has 17 rings (SSSR count). The minimum Gasteiger partial charge on any atom is -0.231 e. The normalized spacial score (nSPS) is 13.2. The van der Waals surface area contributed by atoms with Gasteiger partial charge in [0.1, 0.15) is 29.4 Å². The number of nitrogens with one attached hydrogen (secondary N) is 1. The standard InChI is InChI=1S/C64BF36.C12H10F9N/c66-29-9-1-5-17(33(29)70)49(86)61(98)53(90)21(5)41(78)37(74)13(1)45(82)57(94)25(9)65(26-10-2-6-18(34(71)30(10)67)50(87)62(99)54(91)22(6)42(79)38(75)14(2)46(83)58(26)95,27-11-3-7-19(35(72)31(11)68)51(88)63(100)55(92)23(7)43(80)39(76)15(3)47(84)59(27)96)28-12-4-8-20(36(73)32(12)69)52(89)64(101)56(93)24(8)44(81)40(77)16(4)48(85)60(28)97;1-2-3-4-22(12(20,21)11(17,18)19)7-5-6(13)8(14)10(16)9(7)15/h;5H,2-4H2,1H3/q-1;/p+1. The molecule has 0 bridgehead atoms. The Morgan fingerprint density at radius 2 is 0.350 bits per heavy atom. The summed E-state index contributed by atoms with van der Waals surface area (Å²) in [7, 11) is 0. The van der Waals surface area contributed by atoms with E-state index in [2.05, 4.69) is 0 Å². The highest BCUT2D eigenvalue weighted by Gasteiger charge is 2.68. The quantitative estimate of drug-likeness (QED) is 0.0367. The van der Waals surface area contributed by atoms with Gasteiger partial charge in [0.15, 0.2) is 203 Å². The Bertz CT molecular complexity index is 6900. The molecule has 0 radical (unpaired) electrons. The van der Waals surface area contributed by atoms with Crippen molar-refractivity contribution in [3.63, 3.8) is 0 Å². The number of quaternary nitrogens is 1. The molecule has 0 spiro atoms. The second-order valence-corrected chi connectivity index (χ2v) is 27.3. The van der Waals surface area contributed by atoms with Crippen LogP contribution in [-0.4, -0.2) is 24.9 Å². The van der Waals surface area contributed by atoms with Crippen LogP contribution in [-0.2, 0) is 0 Å². The molecule has 47 heteroatoms. The first-order valence-electron chi connectivity index (χ1n) is 33.0. The number of benzene rings is 17. The first kappa shape index (κ1) is 84.4. The van der Waals surface area contributed by atoms with Crippen molar-refractivity contribution in [2.75, 3.05) is 6.54 Å². The largest absolute Gasteiger partial charge is 0.515 e. The van der Waals surface area contributed by atoms with Crippen molar-refractivity contribution in [3.8, 4) is 0 Å². The average Bonchev–Trinajstić information content (AvgIpc) is 0.645. The molecule has 17 aromatic rings. The van der Waals surface area contributed by atoms with Crippen molar-refractivity contribution in [1.29, 1.82) is 0 Å². The number of halogens is 45. The molecule has 638 valence electrons. The fourth-order valence-corrected chi connectivity index (χ4v) is 16.9. The third kappa shape index (κ3) is 9.91. The summed E-state index contributed by atoms with van der Waals surface area (Å²) in [6.45, 7) is 0.510. The number of hydrogen-bond acceptors (Lipinski definition) is 0. The topological polar surface area (TPSA) is 4.44 Å². The molecule has 0 aliphatic carbocycles. The molecule has 17 aromatic carbocycles. The van der Waals surface area contributed by atoms with Gasteiger partial charge in [-0.2, -0.15) is 17.6 Å². The van der Waals surface area contributed by atoms with E-state index in [4.69, 9.17) is 0 Å². The van der Waals surface area contributed by atoms with Gasteiger partial charge in [-0.25, -0.2) is 176 Å². The van der Waals surface area contributed by atoms with Crippen molar-refractivity contribution < 1.29 is 202 Å². The second-order valence-electron chi connectivity index (χ2n) is 27.3. The highest BCUT2D eigenvalue weighted by molar-refractivity contribution is 7.23. The lowest BCUT2D eigenvalue weighted by Crippen LogP contribution is -3.16. The Labute approximate surface area is 641 Å². The molecular weight excluding hydrogens is 1790 g/mol. The van der Waals surface area contributed by atoms with Crippen LogP contribution < -0.4 is 26.8 Å². The molecule has 0 saturated heterocycles.